The average molecular weight is 569 g/mol. The van der Waals surface area contributed by atoms with Gasteiger partial charge in [-0.2, -0.15) is 10.5 Å². The van der Waals surface area contributed by atoms with Gasteiger partial charge in [0.2, 0.25) is 0 Å². The van der Waals surface area contributed by atoms with Gasteiger partial charge in [-0.05, 0) is 78.3 Å². The first-order valence-corrected chi connectivity index (χ1v) is 16.6. The predicted molar refractivity (Wildman–Crippen MR) is 180 cm³/mol. The summed E-state index contributed by atoms with van der Waals surface area (Å²) in [5, 5.41) is 23.7. The summed E-state index contributed by atoms with van der Waals surface area (Å²) in [5.41, 5.74) is 8.11. The Balaban J connectivity index is 1.93. The van der Waals surface area contributed by atoms with Crippen molar-refractivity contribution in [2.45, 2.75) is 25.8 Å². The van der Waals surface area contributed by atoms with E-state index < -0.39 is 8.07 Å². The summed E-state index contributed by atoms with van der Waals surface area (Å²) in [6.45, 7) is 7.10. The third-order valence-corrected chi connectivity index (χ3v) is 14.5. The van der Waals surface area contributed by atoms with E-state index in [0.29, 0.717) is 11.1 Å². The van der Waals surface area contributed by atoms with Crippen LogP contribution in [0.25, 0.3) is 21.5 Å². The van der Waals surface area contributed by atoms with Crippen LogP contribution in [0.2, 0.25) is 5.04 Å². The summed E-state index contributed by atoms with van der Waals surface area (Å²) in [6, 6.07) is 53.3. The molecule has 1 aliphatic heterocycles. The van der Waals surface area contributed by atoms with Crippen LogP contribution in [0, 0.1) is 22.7 Å². The monoisotopic (exact) mass is 568 g/mol. The molecule has 0 aliphatic carbocycles. The highest BCUT2D eigenvalue weighted by atomic mass is 28.3. The molecule has 5 aromatic rings. The topological polar surface area (TPSA) is 47.6 Å². The Morgan fingerprint density at radius 1 is 0.465 bits per heavy atom. The van der Waals surface area contributed by atoms with E-state index in [0.717, 1.165) is 22.3 Å². The highest BCUT2D eigenvalue weighted by Gasteiger charge is 2.58. The zero-order valence-corrected chi connectivity index (χ0v) is 25.7. The minimum absolute atomic E-state index is 0.207. The molecule has 0 spiro atoms. The Hall–Kier alpha value is -5.22. The van der Waals surface area contributed by atoms with E-state index in [1.807, 2.05) is 24.3 Å². The van der Waals surface area contributed by atoms with Crippen molar-refractivity contribution in [3.63, 3.8) is 0 Å². The van der Waals surface area contributed by atoms with E-state index in [1.54, 1.807) is 0 Å². The second kappa shape index (κ2) is 11.2. The minimum atomic E-state index is -2.97. The van der Waals surface area contributed by atoms with Crippen LogP contribution in [-0.4, -0.2) is 8.07 Å². The van der Waals surface area contributed by atoms with Gasteiger partial charge in [0.05, 0.1) is 23.3 Å². The highest BCUT2D eigenvalue weighted by molar-refractivity contribution is 7.23. The molecule has 1 heterocycles. The van der Waals surface area contributed by atoms with Crippen LogP contribution in [0.5, 0.6) is 0 Å². The van der Waals surface area contributed by atoms with Crippen LogP contribution in [0.1, 0.15) is 54.2 Å². The van der Waals surface area contributed by atoms with Crippen molar-refractivity contribution >= 4 is 34.8 Å². The van der Waals surface area contributed by atoms with Gasteiger partial charge < -0.3 is 0 Å². The Bertz CT molecular complexity index is 1830. The quantitative estimate of drug-likeness (QED) is 0.198. The van der Waals surface area contributed by atoms with Crippen LogP contribution in [0.4, 0.5) is 0 Å². The Labute approximate surface area is 255 Å². The largest absolute Gasteiger partial charge is 0.192 e. The van der Waals surface area contributed by atoms with E-state index in [4.69, 9.17) is 0 Å². The van der Waals surface area contributed by atoms with Crippen LogP contribution in [-0.2, 0) is 0 Å². The lowest BCUT2D eigenvalue weighted by Gasteiger charge is -2.45. The summed E-state index contributed by atoms with van der Waals surface area (Å²) in [4.78, 5) is 0. The number of benzene rings is 5. The SMILES string of the molecule is CC(C)(C)[Si]1(c2ccccc2)C(c2cccc(C#N)c2)=C(c2ccccc2)C(c2ccccc2)=C1c1cccc(C#N)c1. The standard InChI is InChI=1S/C40H32N2Si/c1-40(2,3)43(35-23-11-6-12-24-35)38(33-21-13-15-29(25-33)27-41)36(31-17-7-4-8-18-31)37(32-19-9-5-10-20-32)39(43)34-22-14-16-30(26-34)28-42/h4-26H,1-3H3. The van der Waals surface area contributed by atoms with Gasteiger partial charge in [-0.15, -0.1) is 0 Å². The number of hydrogen-bond donors (Lipinski definition) is 0. The van der Waals surface area contributed by atoms with Crippen molar-refractivity contribution in [2.24, 2.45) is 0 Å². The molecule has 0 unspecified atom stereocenters. The first-order chi connectivity index (χ1) is 20.9. The molecule has 6 rings (SSSR count). The summed E-state index contributed by atoms with van der Waals surface area (Å²) < 4.78 is 0. The molecule has 0 N–H and O–H groups in total. The van der Waals surface area contributed by atoms with Crippen molar-refractivity contribution in [1.29, 1.82) is 10.5 Å². The fourth-order valence-corrected chi connectivity index (χ4v) is 13.3. The van der Waals surface area contributed by atoms with E-state index in [9.17, 15) is 10.5 Å². The summed E-state index contributed by atoms with van der Waals surface area (Å²) in [7, 11) is -2.97. The molecule has 0 amide bonds. The lowest BCUT2D eigenvalue weighted by atomic mass is 9.89. The van der Waals surface area contributed by atoms with Gasteiger partial charge >= 0.3 is 0 Å². The number of nitriles is 2. The van der Waals surface area contributed by atoms with E-state index in [-0.39, 0.29) is 5.04 Å². The molecule has 3 heteroatoms. The molecular formula is C40H32N2Si. The van der Waals surface area contributed by atoms with Crippen molar-refractivity contribution in [3.8, 4) is 12.1 Å². The van der Waals surface area contributed by atoms with E-state index >= 15 is 0 Å². The molecule has 0 saturated carbocycles. The van der Waals surface area contributed by atoms with Gasteiger partial charge in [-0.1, -0.05) is 136 Å². The number of hydrogen-bond acceptors (Lipinski definition) is 2. The first-order valence-electron chi connectivity index (χ1n) is 14.6. The molecule has 5 aromatic carbocycles. The maximum atomic E-state index is 10.0. The molecule has 0 aromatic heterocycles. The Morgan fingerprint density at radius 3 is 1.21 bits per heavy atom. The minimum Gasteiger partial charge on any atom is -0.192 e. The lowest BCUT2D eigenvalue weighted by molar-refractivity contribution is 0.741. The zero-order valence-electron chi connectivity index (χ0n) is 24.7. The van der Waals surface area contributed by atoms with Crippen molar-refractivity contribution in [3.05, 3.63) is 173 Å². The van der Waals surface area contributed by atoms with Crippen LogP contribution >= 0.6 is 0 Å². The van der Waals surface area contributed by atoms with Crippen molar-refractivity contribution in [2.75, 3.05) is 0 Å². The van der Waals surface area contributed by atoms with Crippen LogP contribution in [0.15, 0.2) is 140 Å². The fraction of sp³-hybridized carbons (Fsp3) is 0.100. The number of nitrogens with zero attached hydrogens (tertiary/aromatic N) is 2. The van der Waals surface area contributed by atoms with Crippen LogP contribution in [0.3, 0.4) is 0 Å². The summed E-state index contributed by atoms with van der Waals surface area (Å²) in [5.74, 6) is 0. The van der Waals surface area contributed by atoms with Gasteiger partial charge in [0.1, 0.15) is 0 Å². The first kappa shape index (κ1) is 27.9. The maximum absolute atomic E-state index is 10.0. The normalized spacial score (nSPS) is 14.3. The van der Waals surface area contributed by atoms with Gasteiger partial charge in [0, 0.05) is 0 Å². The van der Waals surface area contributed by atoms with Crippen molar-refractivity contribution in [1.82, 2.24) is 0 Å². The molecule has 2 nitrogen and oxygen atoms in total. The molecule has 0 atom stereocenters. The molecule has 0 bridgehead atoms. The zero-order chi connectivity index (χ0) is 30.0. The molecule has 0 fully saturated rings. The van der Waals surface area contributed by atoms with Crippen LogP contribution < -0.4 is 5.19 Å². The highest BCUT2D eigenvalue weighted by Crippen LogP contribution is 2.62. The predicted octanol–water partition coefficient (Wildman–Crippen LogP) is 9.20. The number of rotatable bonds is 5. The summed E-state index contributed by atoms with van der Waals surface area (Å²) >= 11 is 0. The molecule has 0 saturated heterocycles. The third-order valence-electron chi connectivity index (χ3n) is 8.52. The van der Waals surface area contributed by atoms with Gasteiger partial charge in [-0.3, -0.25) is 0 Å². The van der Waals surface area contributed by atoms with Gasteiger partial charge in [-0.25, -0.2) is 0 Å². The maximum Gasteiger partial charge on any atom is 0.156 e. The second-order valence-corrected chi connectivity index (χ2v) is 16.6. The van der Waals surface area contributed by atoms with E-state index in [1.165, 1.54) is 26.7 Å². The Morgan fingerprint density at radius 2 is 0.837 bits per heavy atom. The van der Waals surface area contributed by atoms with E-state index in [2.05, 4.69) is 148 Å². The van der Waals surface area contributed by atoms with Gasteiger partial charge in [0.15, 0.2) is 8.07 Å². The fourth-order valence-electron chi connectivity index (χ4n) is 6.91. The van der Waals surface area contributed by atoms with Crippen molar-refractivity contribution < 1.29 is 0 Å². The van der Waals surface area contributed by atoms with Gasteiger partial charge in [0.25, 0.3) is 0 Å². The number of allylic oxidation sites excluding steroid dienone is 2. The molecule has 0 radical (unpaired) electrons. The molecular weight excluding hydrogens is 537 g/mol. The third kappa shape index (κ3) is 4.65. The average Bonchev–Trinajstić information content (AvgIpc) is 3.39. The smallest absolute Gasteiger partial charge is 0.156 e. The lowest BCUT2D eigenvalue weighted by Crippen LogP contribution is -2.56. The summed E-state index contributed by atoms with van der Waals surface area (Å²) in [6.07, 6.45) is 0. The molecule has 206 valence electrons. The second-order valence-electron chi connectivity index (χ2n) is 12.0. The molecule has 43 heavy (non-hydrogen) atoms. The molecule has 1 aliphatic rings. The Kier molecular flexibility index (Phi) is 7.28.